The third-order valence-corrected chi connectivity index (χ3v) is 3.45. The summed E-state index contributed by atoms with van der Waals surface area (Å²) in [5.74, 6) is 0.987. The zero-order valence-corrected chi connectivity index (χ0v) is 10.2. The normalized spacial score (nSPS) is 18.6. The molecule has 0 amide bonds. The van der Waals surface area contributed by atoms with Crippen LogP contribution in [0, 0.1) is 0 Å². The van der Waals surface area contributed by atoms with Crippen LogP contribution >= 0.6 is 0 Å². The van der Waals surface area contributed by atoms with Gasteiger partial charge in [0, 0.05) is 17.6 Å². The van der Waals surface area contributed by atoms with Crippen molar-refractivity contribution in [2.75, 3.05) is 7.11 Å². The summed E-state index contributed by atoms with van der Waals surface area (Å²) < 4.78 is 5.39. The van der Waals surface area contributed by atoms with E-state index in [-0.39, 0.29) is 0 Å². The van der Waals surface area contributed by atoms with Gasteiger partial charge < -0.3 is 10.1 Å². The summed E-state index contributed by atoms with van der Waals surface area (Å²) in [4.78, 5) is 0. The van der Waals surface area contributed by atoms with Gasteiger partial charge in [-0.2, -0.15) is 0 Å². The molecule has 1 atom stereocenters. The molecule has 1 aliphatic rings. The Hall–Kier alpha value is -1.02. The summed E-state index contributed by atoms with van der Waals surface area (Å²) >= 11 is 0. The standard InChI is InChI=1S/C14H21NO/c1-11(15-12-7-3-4-8-12)13-9-5-6-10-14(13)16-2/h5-6,9-12,15H,3-4,7-8H2,1-2H3. The maximum absolute atomic E-state index is 5.39. The second-order valence-corrected chi connectivity index (χ2v) is 4.61. The molecule has 0 heterocycles. The Balaban J connectivity index is 2.04. The number of methoxy groups -OCH3 is 1. The van der Waals surface area contributed by atoms with E-state index >= 15 is 0 Å². The Bertz CT molecular complexity index is 331. The highest BCUT2D eigenvalue weighted by molar-refractivity contribution is 5.35. The number of ether oxygens (including phenoxy) is 1. The highest BCUT2D eigenvalue weighted by Gasteiger charge is 2.18. The van der Waals surface area contributed by atoms with E-state index in [1.807, 2.05) is 12.1 Å². The molecular formula is C14H21NO. The van der Waals surface area contributed by atoms with Gasteiger partial charge >= 0.3 is 0 Å². The summed E-state index contributed by atoms with van der Waals surface area (Å²) in [6.45, 7) is 2.22. The largest absolute Gasteiger partial charge is 0.496 e. The first-order valence-electron chi connectivity index (χ1n) is 6.20. The highest BCUT2D eigenvalue weighted by Crippen LogP contribution is 2.27. The van der Waals surface area contributed by atoms with E-state index < -0.39 is 0 Å². The Morgan fingerprint density at radius 3 is 2.62 bits per heavy atom. The van der Waals surface area contributed by atoms with Crippen molar-refractivity contribution in [1.82, 2.24) is 5.32 Å². The van der Waals surface area contributed by atoms with Crippen molar-refractivity contribution in [3.63, 3.8) is 0 Å². The fourth-order valence-corrected chi connectivity index (χ4v) is 2.56. The minimum absolute atomic E-state index is 0.374. The fraction of sp³-hybridized carbons (Fsp3) is 0.571. The zero-order valence-electron chi connectivity index (χ0n) is 10.2. The number of rotatable bonds is 4. The van der Waals surface area contributed by atoms with Crippen molar-refractivity contribution in [3.8, 4) is 5.75 Å². The number of para-hydroxylation sites is 1. The molecule has 1 N–H and O–H groups in total. The van der Waals surface area contributed by atoms with Crippen LogP contribution in [0.25, 0.3) is 0 Å². The first kappa shape index (κ1) is 11.5. The second kappa shape index (κ2) is 5.35. The molecule has 1 aromatic carbocycles. The topological polar surface area (TPSA) is 21.3 Å². The lowest BCUT2D eigenvalue weighted by Gasteiger charge is -2.21. The summed E-state index contributed by atoms with van der Waals surface area (Å²) in [5.41, 5.74) is 1.26. The summed E-state index contributed by atoms with van der Waals surface area (Å²) in [6, 6.07) is 9.34. The SMILES string of the molecule is COc1ccccc1C(C)NC1CCCC1. The Morgan fingerprint density at radius 1 is 1.25 bits per heavy atom. The number of hydrogen-bond acceptors (Lipinski definition) is 2. The van der Waals surface area contributed by atoms with Crippen LogP contribution in [-0.4, -0.2) is 13.2 Å². The zero-order chi connectivity index (χ0) is 11.4. The van der Waals surface area contributed by atoms with Crippen LogP contribution in [0.1, 0.15) is 44.2 Å². The van der Waals surface area contributed by atoms with E-state index in [0.717, 1.165) is 5.75 Å². The molecule has 0 spiro atoms. The van der Waals surface area contributed by atoms with Crippen LogP contribution in [0.3, 0.4) is 0 Å². The van der Waals surface area contributed by atoms with Crippen molar-refractivity contribution >= 4 is 0 Å². The van der Waals surface area contributed by atoms with E-state index in [4.69, 9.17) is 4.74 Å². The average molecular weight is 219 g/mol. The van der Waals surface area contributed by atoms with Crippen LogP contribution in [-0.2, 0) is 0 Å². The van der Waals surface area contributed by atoms with Gasteiger partial charge in [0.15, 0.2) is 0 Å². The molecule has 1 saturated carbocycles. The molecule has 0 aromatic heterocycles. The quantitative estimate of drug-likeness (QED) is 0.839. The first-order valence-corrected chi connectivity index (χ1v) is 6.20. The Labute approximate surface area is 98.0 Å². The van der Waals surface area contributed by atoms with Crippen LogP contribution in [0.5, 0.6) is 5.75 Å². The second-order valence-electron chi connectivity index (χ2n) is 4.61. The third-order valence-electron chi connectivity index (χ3n) is 3.45. The molecule has 0 radical (unpaired) electrons. The van der Waals surface area contributed by atoms with Crippen LogP contribution in [0.2, 0.25) is 0 Å². The van der Waals surface area contributed by atoms with Crippen LogP contribution in [0.4, 0.5) is 0 Å². The first-order chi connectivity index (χ1) is 7.81. The maximum atomic E-state index is 5.39. The summed E-state index contributed by atoms with van der Waals surface area (Å²) in [7, 11) is 1.74. The van der Waals surface area contributed by atoms with E-state index in [2.05, 4.69) is 24.4 Å². The van der Waals surface area contributed by atoms with E-state index in [0.29, 0.717) is 12.1 Å². The Morgan fingerprint density at radius 2 is 1.94 bits per heavy atom. The molecule has 2 heteroatoms. The molecule has 1 aliphatic carbocycles. The third kappa shape index (κ3) is 2.56. The molecular weight excluding hydrogens is 198 g/mol. The van der Waals surface area contributed by atoms with Crippen molar-refractivity contribution in [2.24, 2.45) is 0 Å². The monoisotopic (exact) mass is 219 g/mol. The highest BCUT2D eigenvalue weighted by atomic mass is 16.5. The number of hydrogen-bond donors (Lipinski definition) is 1. The van der Waals surface area contributed by atoms with Crippen molar-refractivity contribution in [3.05, 3.63) is 29.8 Å². The molecule has 16 heavy (non-hydrogen) atoms. The average Bonchev–Trinajstić information content (AvgIpc) is 2.81. The van der Waals surface area contributed by atoms with E-state index in [1.165, 1.54) is 31.2 Å². The molecule has 0 saturated heterocycles. The molecule has 0 bridgehead atoms. The minimum atomic E-state index is 0.374. The lowest BCUT2D eigenvalue weighted by Crippen LogP contribution is -2.29. The van der Waals surface area contributed by atoms with Gasteiger partial charge in [-0.1, -0.05) is 31.0 Å². The predicted molar refractivity (Wildman–Crippen MR) is 66.8 cm³/mol. The van der Waals surface area contributed by atoms with Gasteiger partial charge in [-0.3, -0.25) is 0 Å². The van der Waals surface area contributed by atoms with Gasteiger partial charge in [0.1, 0.15) is 5.75 Å². The Kier molecular flexibility index (Phi) is 3.83. The lowest BCUT2D eigenvalue weighted by molar-refractivity contribution is 0.393. The summed E-state index contributed by atoms with van der Waals surface area (Å²) in [5, 5.41) is 3.69. The molecule has 0 aliphatic heterocycles. The van der Waals surface area contributed by atoms with Crippen molar-refractivity contribution < 1.29 is 4.74 Å². The fourth-order valence-electron chi connectivity index (χ4n) is 2.56. The van der Waals surface area contributed by atoms with E-state index in [1.54, 1.807) is 7.11 Å². The van der Waals surface area contributed by atoms with E-state index in [9.17, 15) is 0 Å². The van der Waals surface area contributed by atoms with Gasteiger partial charge in [-0.25, -0.2) is 0 Å². The van der Waals surface area contributed by atoms with Crippen LogP contribution < -0.4 is 10.1 Å². The van der Waals surface area contributed by atoms with Gasteiger partial charge in [-0.15, -0.1) is 0 Å². The number of nitrogens with one attached hydrogen (secondary N) is 1. The van der Waals surface area contributed by atoms with Crippen LogP contribution in [0.15, 0.2) is 24.3 Å². The molecule has 2 nitrogen and oxygen atoms in total. The molecule has 1 aromatic rings. The predicted octanol–water partition coefficient (Wildman–Crippen LogP) is 3.29. The number of benzene rings is 1. The lowest BCUT2D eigenvalue weighted by atomic mass is 10.1. The smallest absolute Gasteiger partial charge is 0.123 e. The minimum Gasteiger partial charge on any atom is -0.496 e. The van der Waals surface area contributed by atoms with Gasteiger partial charge in [-0.05, 0) is 25.8 Å². The van der Waals surface area contributed by atoms with Gasteiger partial charge in [0.2, 0.25) is 0 Å². The van der Waals surface area contributed by atoms with Gasteiger partial charge in [0.05, 0.1) is 7.11 Å². The molecule has 1 unspecified atom stereocenters. The van der Waals surface area contributed by atoms with Crippen molar-refractivity contribution in [1.29, 1.82) is 0 Å². The summed E-state index contributed by atoms with van der Waals surface area (Å²) in [6.07, 6.45) is 5.38. The van der Waals surface area contributed by atoms with Gasteiger partial charge in [0.25, 0.3) is 0 Å². The molecule has 88 valence electrons. The maximum Gasteiger partial charge on any atom is 0.123 e. The molecule has 2 rings (SSSR count). The molecule has 1 fully saturated rings. The van der Waals surface area contributed by atoms with Crippen molar-refractivity contribution in [2.45, 2.75) is 44.7 Å².